The van der Waals surface area contributed by atoms with Crippen LogP contribution in [0, 0.1) is 0 Å². The number of rotatable bonds is 6. The van der Waals surface area contributed by atoms with Crippen LogP contribution in [-0.4, -0.2) is 0 Å². The van der Waals surface area contributed by atoms with E-state index < -0.39 is 0 Å². The van der Waals surface area contributed by atoms with Crippen LogP contribution in [0.1, 0.15) is 0 Å². The van der Waals surface area contributed by atoms with Gasteiger partial charge in [-0.05, 0) is 103 Å². The molecule has 0 amide bonds. The third kappa shape index (κ3) is 6.60. The van der Waals surface area contributed by atoms with Gasteiger partial charge in [-0.3, -0.25) is 0 Å². The summed E-state index contributed by atoms with van der Waals surface area (Å²) in [5.74, 6) is 0. The molecule has 0 atom stereocenters. The van der Waals surface area contributed by atoms with Gasteiger partial charge in [0.25, 0.3) is 0 Å². The Kier molecular flexibility index (Phi) is 9.61. The number of thiophene rings is 1. The summed E-state index contributed by atoms with van der Waals surface area (Å²) in [4.78, 5) is 2.53. The van der Waals surface area contributed by atoms with Crippen molar-refractivity contribution >= 4 is 124 Å². The fraction of sp³-hybridized carbons (Fsp3) is 0. The van der Waals surface area contributed by atoms with Crippen LogP contribution >= 0.6 is 22.7 Å². The van der Waals surface area contributed by atoms with Crippen LogP contribution < -0.4 is 4.90 Å². The number of para-hydroxylation sites is 1. The minimum atomic E-state index is 0.838. The Bertz CT molecular complexity index is 4430. The number of benzene rings is 11. The molecule has 0 aliphatic carbocycles. The smallest absolute Gasteiger partial charge is 0.159 e. The molecule has 0 N–H and O–H groups in total. The van der Waals surface area contributed by atoms with Gasteiger partial charge in [-0.2, -0.15) is 0 Å². The minimum absolute atomic E-state index is 0.838. The maximum Gasteiger partial charge on any atom is 0.159 e. The molecule has 0 saturated carbocycles. The molecule has 0 fully saturated rings. The zero-order valence-corrected chi connectivity index (χ0v) is 39.5. The Hall–Kier alpha value is -8.54. The average molecular weight is 928 g/mol. The summed E-state index contributed by atoms with van der Waals surface area (Å²) in [7, 11) is 0. The number of hydrogen-bond acceptors (Lipinski definition) is 4. The van der Waals surface area contributed by atoms with E-state index in [1.54, 1.807) is 0 Å². The van der Waals surface area contributed by atoms with Crippen LogP contribution in [0.2, 0.25) is 0 Å². The maximum atomic E-state index is 7.14. The fourth-order valence-electron chi connectivity index (χ4n) is 10.7. The standard InChI is InChI=1S/C66H41NOS2/c1-3-19-42(20-4-1)44-23-17-24-45(39-44)63-57(38-37-55-50-28-10-8-26-48(50)47-25-7-9-27-49(47)52-30-12-15-35-61(52)70-66(55)63)67(58-33-18-32-54-53-31-13-16-36-62(53)69-65(54)58)59-41-46(43-21-5-2-6-22-43)40-56-51-29-11-14-34-60(51)68-64(56)59/h1-41H. The second kappa shape index (κ2) is 16.6. The van der Waals surface area contributed by atoms with Crippen LogP contribution in [0.5, 0.6) is 0 Å². The van der Waals surface area contributed by atoms with E-state index in [0.717, 1.165) is 66.8 Å². The van der Waals surface area contributed by atoms with Gasteiger partial charge in [-0.25, -0.2) is 0 Å². The highest BCUT2D eigenvalue weighted by atomic mass is 32.1. The van der Waals surface area contributed by atoms with Gasteiger partial charge in [0.2, 0.25) is 0 Å². The van der Waals surface area contributed by atoms with Crippen molar-refractivity contribution in [3.63, 3.8) is 0 Å². The normalized spacial score (nSPS) is 11.7. The lowest BCUT2D eigenvalue weighted by Crippen LogP contribution is -2.12. The van der Waals surface area contributed by atoms with E-state index in [0.29, 0.717) is 0 Å². The second-order valence-electron chi connectivity index (χ2n) is 17.9. The van der Waals surface area contributed by atoms with E-state index in [4.69, 9.17) is 4.42 Å². The predicted octanol–water partition coefficient (Wildman–Crippen LogP) is 20.2. The number of anilines is 3. The average Bonchev–Trinajstić information content (AvgIpc) is 4.02. The van der Waals surface area contributed by atoms with Gasteiger partial charge in [-0.1, -0.05) is 200 Å². The SMILES string of the molecule is c1ccc(-c2cccc(-c3c(N(c4cc(-c5ccccc5)cc5c4oc4ccccc45)c4cccc5c4sc4ccccc45)ccc4c3sc3ccccc3c3ccccc3c3ccccc43)c2)cc1. The summed E-state index contributed by atoms with van der Waals surface area (Å²) in [5.41, 5.74) is 11.7. The number of fused-ring (bicyclic) bond motifs is 13. The molecule has 328 valence electrons. The molecule has 0 aliphatic rings. The lowest BCUT2D eigenvalue weighted by molar-refractivity contribution is 0.669. The van der Waals surface area contributed by atoms with Crippen molar-refractivity contribution in [3.8, 4) is 33.4 Å². The van der Waals surface area contributed by atoms with Crippen LogP contribution in [0.4, 0.5) is 17.1 Å². The monoisotopic (exact) mass is 927 g/mol. The first-order valence-electron chi connectivity index (χ1n) is 23.7. The molecule has 0 bridgehead atoms. The highest BCUT2D eigenvalue weighted by Crippen LogP contribution is 2.53. The van der Waals surface area contributed by atoms with Gasteiger partial charge in [0, 0.05) is 46.6 Å². The molecule has 0 unspecified atom stereocenters. The van der Waals surface area contributed by atoms with E-state index in [1.165, 1.54) is 67.5 Å². The van der Waals surface area contributed by atoms with Crippen molar-refractivity contribution in [1.82, 2.24) is 0 Å². The summed E-state index contributed by atoms with van der Waals surface area (Å²) in [6.45, 7) is 0. The molecule has 0 spiro atoms. The minimum Gasteiger partial charge on any atom is -0.454 e. The van der Waals surface area contributed by atoms with Crippen LogP contribution in [0.25, 0.3) is 117 Å². The van der Waals surface area contributed by atoms with E-state index in [1.807, 2.05) is 22.7 Å². The van der Waals surface area contributed by atoms with Gasteiger partial charge in [-0.15, -0.1) is 22.7 Å². The Morgan fingerprint density at radius 1 is 0.271 bits per heavy atom. The van der Waals surface area contributed by atoms with Crippen molar-refractivity contribution in [1.29, 1.82) is 0 Å². The Balaban J connectivity index is 1.22. The summed E-state index contributed by atoms with van der Waals surface area (Å²) < 4.78 is 12.0. The molecular formula is C66H41NOS2. The van der Waals surface area contributed by atoms with E-state index >= 15 is 0 Å². The quantitative estimate of drug-likeness (QED) is 0.165. The second-order valence-corrected chi connectivity index (χ2v) is 20.0. The van der Waals surface area contributed by atoms with Crippen LogP contribution in [-0.2, 0) is 0 Å². The molecule has 3 aromatic heterocycles. The number of hydrogen-bond donors (Lipinski definition) is 0. The van der Waals surface area contributed by atoms with Crippen molar-refractivity contribution < 1.29 is 4.42 Å². The first-order chi connectivity index (χ1) is 34.7. The summed E-state index contributed by atoms with van der Waals surface area (Å²) >= 11 is 3.72. The van der Waals surface area contributed by atoms with E-state index in [9.17, 15) is 0 Å². The first kappa shape index (κ1) is 40.5. The van der Waals surface area contributed by atoms with Crippen LogP contribution in [0.3, 0.4) is 0 Å². The van der Waals surface area contributed by atoms with E-state index in [-0.39, 0.29) is 0 Å². The van der Waals surface area contributed by atoms with Crippen molar-refractivity contribution in [3.05, 3.63) is 249 Å². The third-order valence-corrected chi connectivity index (χ3v) is 16.3. The van der Waals surface area contributed by atoms with Gasteiger partial charge >= 0.3 is 0 Å². The molecule has 70 heavy (non-hydrogen) atoms. The molecule has 4 heteroatoms. The van der Waals surface area contributed by atoms with Gasteiger partial charge in [0.15, 0.2) is 5.58 Å². The Morgan fingerprint density at radius 2 is 0.757 bits per heavy atom. The zero-order chi connectivity index (χ0) is 46.1. The van der Waals surface area contributed by atoms with Crippen LogP contribution in [0.15, 0.2) is 253 Å². The number of nitrogens with zero attached hydrogens (tertiary/aromatic N) is 1. The number of furan rings is 1. The Labute approximate surface area is 412 Å². The molecule has 0 saturated heterocycles. The largest absolute Gasteiger partial charge is 0.454 e. The molecule has 0 radical (unpaired) electrons. The van der Waals surface area contributed by atoms with E-state index in [2.05, 4.69) is 254 Å². The molecule has 11 aromatic carbocycles. The molecule has 0 aliphatic heterocycles. The zero-order valence-electron chi connectivity index (χ0n) is 37.8. The predicted molar refractivity (Wildman–Crippen MR) is 303 cm³/mol. The maximum absolute atomic E-state index is 7.14. The first-order valence-corrected chi connectivity index (χ1v) is 25.4. The van der Waals surface area contributed by atoms with Crippen molar-refractivity contribution in [2.45, 2.75) is 0 Å². The summed E-state index contributed by atoms with van der Waals surface area (Å²) in [6.07, 6.45) is 0. The molecule has 14 rings (SSSR count). The van der Waals surface area contributed by atoms with Crippen molar-refractivity contribution in [2.24, 2.45) is 0 Å². The van der Waals surface area contributed by atoms with Gasteiger partial charge in [0.05, 0.1) is 21.8 Å². The van der Waals surface area contributed by atoms with Gasteiger partial charge in [0.1, 0.15) is 5.58 Å². The lowest BCUT2D eigenvalue weighted by Gasteiger charge is -2.29. The molecule has 2 nitrogen and oxygen atoms in total. The topological polar surface area (TPSA) is 16.4 Å². The Morgan fingerprint density at radius 3 is 1.46 bits per heavy atom. The lowest BCUT2D eigenvalue weighted by atomic mass is 9.94. The summed E-state index contributed by atoms with van der Waals surface area (Å²) in [6, 6.07) is 91.0. The third-order valence-electron chi connectivity index (χ3n) is 13.9. The molecule has 14 aromatic rings. The highest BCUT2D eigenvalue weighted by molar-refractivity contribution is 7.26. The molecular weight excluding hydrogens is 887 g/mol. The van der Waals surface area contributed by atoms with Crippen molar-refractivity contribution in [2.75, 3.05) is 4.90 Å². The summed E-state index contributed by atoms with van der Waals surface area (Å²) in [5, 5.41) is 11.9. The fourth-order valence-corrected chi connectivity index (χ4v) is 13.2. The molecule has 3 heterocycles. The highest BCUT2D eigenvalue weighted by Gasteiger charge is 2.27. The van der Waals surface area contributed by atoms with Gasteiger partial charge < -0.3 is 9.32 Å².